The molecule has 0 aromatic carbocycles. The summed E-state index contributed by atoms with van der Waals surface area (Å²) in [5, 5.41) is 17.0. The minimum absolute atomic E-state index is 0.101. The van der Waals surface area contributed by atoms with E-state index in [0.29, 0.717) is 18.8 Å². The number of nitrogens with zero attached hydrogens (tertiary/aromatic N) is 2. The molecule has 0 amide bonds. The number of rotatable bonds is 5. The third-order valence-electron chi connectivity index (χ3n) is 2.21. The minimum Gasteiger partial charge on any atom is -0.198 e. The maximum absolute atomic E-state index is 8.59. The molecule has 2 heteroatoms. The highest BCUT2D eigenvalue weighted by Gasteiger charge is 2.20. The molecule has 0 aromatic rings. The minimum atomic E-state index is 0.101. The van der Waals surface area contributed by atoms with Gasteiger partial charge >= 0.3 is 0 Å². The molecule has 72 valence electrons. The van der Waals surface area contributed by atoms with Gasteiger partial charge in [-0.3, -0.25) is 0 Å². The summed E-state index contributed by atoms with van der Waals surface area (Å²) in [4.78, 5) is 0. The highest BCUT2D eigenvalue weighted by molar-refractivity contribution is 4.84. The average Bonchev–Trinajstić information content (AvgIpc) is 1.99. The van der Waals surface area contributed by atoms with Crippen LogP contribution in [-0.2, 0) is 0 Å². The zero-order chi connectivity index (χ0) is 10.3. The van der Waals surface area contributed by atoms with E-state index < -0.39 is 0 Å². The molecule has 0 radical (unpaired) electrons. The maximum Gasteiger partial charge on any atom is 0.0627 e. The van der Waals surface area contributed by atoms with Crippen LogP contribution in [0.1, 0.15) is 46.5 Å². The van der Waals surface area contributed by atoms with Crippen molar-refractivity contribution < 1.29 is 0 Å². The molecule has 0 rings (SSSR count). The van der Waals surface area contributed by atoms with Crippen molar-refractivity contribution >= 4 is 0 Å². The summed E-state index contributed by atoms with van der Waals surface area (Å²) in [6, 6.07) is 4.36. The zero-order valence-electron chi connectivity index (χ0n) is 8.80. The SMILES string of the molecule is CC(CCC#N)CC(C)(C)CC#N. The second-order valence-corrected chi connectivity index (χ2v) is 4.51. The summed E-state index contributed by atoms with van der Waals surface area (Å²) < 4.78 is 0. The lowest BCUT2D eigenvalue weighted by Gasteiger charge is -2.24. The van der Waals surface area contributed by atoms with Gasteiger partial charge in [-0.1, -0.05) is 20.8 Å². The van der Waals surface area contributed by atoms with Crippen LogP contribution in [0.4, 0.5) is 0 Å². The molecule has 0 saturated heterocycles. The summed E-state index contributed by atoms with van der Waals surface area (Å²) in [6.07, 6.45) is 3.21. The van der Waals surface area contributed by atoms with Crippen molar-refractivity contribution in [3.8, 4) is 12.1 Å². The van der Waals surface area contributed by atoms with Crippen molar-refractivity contribution in [2.45, 2.75) is 46.5 Å². The predicted octanol–water partition coefficient (Wildman–Crippen LogP) is 3.26. The Morgan fingerprint density at radius 1 is 1.23 bits per heavy atom. The van der Waals surface area contributed by atoms with Crippen LogP contribution in [0.2, 0.25) is 0 Å². The van der Waals surface area contributed by atoms with E-state index in [1.807, 2.05) is 0 Å². The molecule has 0 spiro atoms. The fourth-order valence-electron chi connectivity index (χ4n) is 1.64. The van der Waals surface area contributed by atoms with E-state index in [9.17, 15) is 0 Å². The van der Waals surface area contributed by atoms with Gasteiger partial charge in [-0.05, 0) is 24.2 Å². The van der Waals surface area contributed by atoms with Crippen molar-refractivity contribution in [2.24, 2.45) is 11.3 Å². The quantitative estimate of drug-likeness (QED) is 0.648. The molecule has 0 fully saturated rings. The molecule has 0 saturated carbocycles. The second kappa shape index (κ2) is 5.60. The van der Waals surface area contributed by atoms with Crippen LogP contribution in [0.15, 0.2) is 0 Å². The molecule has 0 aliphatic carbocycles. The van der Waals surface area contributed by atoms with E-state index in [4.69, 9.17) is 10.5 Å². The summed E-state index contributed by atoms with van der Waals surface area (Å²) in [7, 11) is 0. The van der Waals surface area contributed by atoms with Gasteiger partial charge in [0.2, 0.25) is 0 Å². The van der Waals surface area contributed by atoms with Crippen LogP contribution in [-0.4, -0.2) is 0 Å². The molecular formula is C11H18N2. The van der Waals surface area contributed by atoms with E-state index in [1.54, 1.807) is 0 Å². The number of nitriles is 2. The fraction of sp³-hybridized carbons (Fsp3) is 0.818. The lowest BCUT2D eigenvalue weighted by Crippen LogP contribution is -2.14. The van der Waals surface area contributed by atoms with Gasteiger partial charge in [0.25, 0.3) is 0 Å². The zero-order valence-corrected chi connectivity index (χ0v) is 8.80. The Bertz CT molecular complexity index is 217. The van der Waals surface area contributed by atoms with Crippen LogP contribution < -0.4 is 0 Å². The third kappa shape index (κ3) is 6.17. The molecule has 2 nitrogen and oxygen atoms in total. The first-order valence-corrected chi connectivity index (χ1v) is 4.76. The number of hydrogen-bond acceptors (Lipinski definition) is 2. The fourth-order valence-corrected chi connectivity index (χ4v) is 1.64. The Labute approximate surface area is 81.2 Å². The van der Waals surface area contributed by atoms with Gasteiger partial charge in [0.1, 0.15) is 0 Å². The molecule has 0 N–H and O–H groups in total. The van der Waals surface area contributed by atoms with Crippen LogP contribution in [0, 0.1) is 34.0 Å². The van der Waals surface area contributed by atoms with Gasteiger partial charge in [0.15, 0.2) is 0 Å². The van der Waals surface area contributed by atoms with Crippen molar-refractivity contribution in [1.82, 2.24) is 0 Å². The molecule has 0 aromatic heterocycles. The Balaban J connectivity index is 3.84. The lowest BCUT2D eigenvalue weighted by atomic mass is 9.80. The molecule has 0 bridgehead atoms. The molecular weight excluding hydrogens is 160 g/mol. The summed E-state index contributed by atoms with van der Waals surface area (Å²) in [5.74, 6) is 0.544. The smallest absolute Gasteiger partial charge is 0.0627 e. The predicted molar refractivity (Wildman–Crippen MR) is 52.6 cm³/mol. The summed E-state index contributed by atoms with van der Waals surface area (Å²) >= 11 is 0. The lowest BCUT2D eigenvalue weighted by molar-refractivity contribution is 0.275. The van der Waals surface area contributed by atoms with Gasteiger partial charge in [0.05, 0.1) is 12.1 Å². The van der Waals surface area contributed by atoms with Gasteiger partial charge in [0, 0.05) is 12.8 Å². The van der Waals surface area contributed by atoms with Crippen molar-refractivity contribution in [3.05, 3.63) is 0 Å². The molecule has 0 aliphatic heterocycles. The van der Waals surface area contributed by atoms with E-state index >= 15 is 0 Å². The Morgan fingerprint density at radius 3 is 2.31 bits per heavy atom. The highest BCUT2D eigenvalue weighted by atomic mass is 14.3. The largest absolute Gasteiger partial charge is 0.198 e. The van der Waals surface area contributed by atoms with E-state index in [2.05, 4.69) is 32.9 Å². The first-order valence-electron chi connectivity index (χ1n) is 4.76. The molecule has 1 unspecified atom stereocenters. The van der Waals surface area contributed by atoms with Gasteiger partial charge in [-0.2, -0.15) is 10.5 Å². The van der Waals surface area contributed by atoms with Crippen LogP contribution in [0.5, 0.6) is 0 Å². The summed E-state index contributed by atoms with van der Waals surface area (Å²) in [5.41, 5.74) is 0.101. The highest BCUT2D eigenvalue weighted by Crippen LogP contribution is 2.30. The normalized spacial score (nSPS) is 13.0. The second-order valence-electron chi connectivity index (χ2n) is 4.51. The van der Waals surface area contributed by atoms with Crippen molar-refractivity contribution in [1.29, 1.82) is 10.5 Å². The van der Waals surface area contributed by atoms with Crippen molar-refractivity contribution in [3.63, 3.8) is 0 Å². The molecule has 0 aliphatic rings. The summed E-state index contributed by atoms with van der Waals surface area (Å²) in [6.45, 7) is 6.37. The van der Waals surface area contributed by atoms with Crippen molar-refractivity contribution in [2.75, 3.05) is 0 Å². The first kappa shape index (κ1) is 12.0. The molecule has 13 heavy (non-hydrogen) atoms. The van der Waals surface area contributed by atoms with Gasteiger partial charge < -0.3 is 0 Å². The standard InChI is InChI=1S/C11H18N2/c1-10(5-4-7-12)9-11(2,3)6-8-13/h10H,4-6,9H2,1-3H3. The Hall–Kier alpha value is -1.02. The van der Waals surface area contributed by atoms with Gasteiger partial charge in [-0.25, -0.2) is 0 Å². The Kier molecular flexibility index (Phi) is 5.16. The monoisotopic (exact) mass is 178 g/mol. The van der Waals surface area contributed by atoms with Crippen LogP contribution in [0.25, 0.3) is 0 Å². The van der Waals surface area contributed by atoms with E-state index in [-0.39, 0.29) is 5.41 Å². The topological polar surface area (TPSA) is 47.6 Å². The maximum atomic E-state index is 8.59. The van der Waals surface area contributed by atoms with Crippen LogP contribution >= 0.6 is 0 Å². The average molecular weight is 178 g/mol. The molecule has 0 heterocycles. The third-order valence-corrected chi connectivity index (χ3v) is 2.21. The van der Waals surface area contributed by atoms with Gasteiger partial charge in [-0.15, -0.1) is 0 Å². The van der Waals surface area contributed by atoms with E-state index in [0.717, 1.165) is 12.8 Å². The van der Waals surface area contributed by atoms with Crippen LogP contribution in [0.3, 0.4) is 0 Å². The van der Waals surface area contributed by atoms with E-state index in [1.165, 1.54) is 0 Å². The first-order chi connectivity index (χ1) is 6.02. The Morgan fingerprint density at radius 2 is 1.85 bits per heavy atom. The molecule has 1 atom stereocenters. The number of hydrogen-bond donors (Lipinski definition) is 0.